The van der Waals surface area contributed by atoms with Crippen LogP contribution in [0, 0.1) is 5.92 Å². The third kappa shape index (κ3) is 5.60. The highest BCUT2D eigenvalue weighted by Crippen LogP contribution is 2.26. The minimum absolute atomic E-state index is 0.0392. The molecule has 10 heteroatoms. The number of anilines is 2. The Morgan fingerprint density at radius 1 is 1.31 bits per heavy atom. The Kier molecular flexibility index (Phi) is 8.14. The Morgan fingerprint density at radius 3 is 2.75 bits per heavy atom. The predicted octanol–water partition coefficient (Wildman–Crippen LogP) is 3.45. The molecule has 0 saturated heterocycles. The lowest BCUT2D eigenvalue weighted by Gasteiger charge is -2.26. The van der Waals surface area contributed by atoms with Gasteiger partial charge in [0.15, 0.2) is 5.69 Å². The third-order valence-corrected chi connectivity index (χ3v) is 7.01. The van der Waals surface area contributed by atoms with Crippen molar-refractivity contribution in [3.05, 3.63) is 50.1 Å². The fourth-order valence-corrected chi connectivity index (χ4v) is 5.26. The first-order valence-electron chi connectivity index (χ1n) is 10.7. The molecule has 0 spiro atoms. The largest absolute Gasteiger partial charge is 0.383 e. The zero-order valence-electron chi connectivity index (χ0n) is 18.6. The fourth-order valence-electron chi connectivity index (χ4n) is 3.34. The van der Waals surface area contributed by atoms with Gasteiger partial charge < -0.3 is 10.6 Å². The number of nitrogens with one attached hydrogen (secondary N) is 1. The number of carbonyl (C=O) groups is 1. The van der Waals surface area contributed by atoms with Crippen molar-refractivity contribution in [1.82, 2.24) is 14.5 Å². The van der Waals surface area contributed by atoms with Crippen molar-refractivity contribution in [2.24, 2.45) is 5.92 Å². The summed E-state index contributed by atoms with van der Waals surface area (Å²) in [6, 6.07) is 7.93. The smallest absolute Gasteiger partial charge is 0.330 e. The number of nitrogen functional groups attached to an aromatic ring is 1. The predicted molar refractivity (Wildman–Crippen MR) is 134 cm³/mol. The number of aromatic nitrogens is 3. The molecule has 0 unspecified atom stereocenters. The topological polar surface area (TPSA) is 114 Å². The van der Waals surface area contributed by atoms with E-state index in [1.165, 1.54) is 21.2 Å². The molecule has 0 saturated carbocycles. The van der Waals surface area contributed by atoms with Crippen LogP contribution in [0.15, 0.2) is 33.9 Å². The SMILES string of the molecule is CCCCn1c(N)c(N(CC(C)C)C(=O)CSCc2nc3ccccc3s2)c(=O)[nH]c1=O. The van der Waals surface area contributed by atoms with Crippen LogP contribution in [0.4, 0.5) is 11.5 Å². The summed E-state index contributed by atoms with van der Waals surface area (Å²) in [5, 5.41) is 0.949. The van der Waals surface area contributed by atoms with E-state index >= 15 is 0 Å². The molecule has 0 aliphatic heterocycles. The van der Waals surface area contributed by atoms with Gasteiger partial charge in [-0.25, -0.2) is 9.78 Å². The number of nitrogens with two attached hydrogens (primary N) is 1. The van der Waals surface area contributed by atoms with Crippen LogP contribution >= 0.6 is 23.1 Å². The monoisotopic (exact) mass is 475 g/mol. The van der Waals surface area contributed by atoms with Gasteiger partial charge in [0.2, 0.25) is 5.91 Å². The Balaban J connectivity index is 1.80. The zero-order chi connectivity index (χ0) is 23.3. The Morgan fingerprint density at radius 2 is 2.06 bits per heavy atom. The second kappa shape index (κ2) is 10.8. The number of rotatable bonds is 10. The number of para-hydroxylation sites is 1. The van der Waals surface area contributed by atoms with E-state index in [9.17, 15) is 14.4 Å². The molecular weight excluding hydrogens is 446 g/mol. The number of H-pyrrole nitrogens is 1. The highest BCUT2D eigenvalue weighted by atomic mass is 32.2. The van der Waals surface area contributed by atoms with Gasteiger partial charge in [0.25, 0.3) is 5.56 Å². The number of nitrogens with zero attached hydrogens (tertiary/aromatic N) is 3. The van der Waals surface area contributed by atoms with Crippen LogP contribution < -0.4 is 21.9 Å². The molecule has 0 fully saturated rings. The van der Waals surface area contributed by atoms with E-state index in [1.54, 1.807) is 11.3 Å². The number of aromatic amines is 1. The first-order valence-corrected chi connectivity index (χ1v) is 12.6. The number of unbranched alkanes of at least 4 members (excludes halogenated alkanes) is 1. The number of thiazole rings is 1. The van der Waals surface area contributed by atoms with Crippen LogP contribution in [0.25, 0.3) is 10.2 Å². The van der Waals surface area contributed by atoms with Crippen LogP contribution in [0.1, 0.15) is 38.6 Å². The first-order chi connectivity index (χ1) is 15.3. The molecule has 32 heavy (non-hydrogen) atoms. The van der Waals surface area contributed by atoms with Crippen molar-refractivity contribution in [3.8, 4) is 0 Å². The summed E-state index contributed by atoms with van der Waals surface area (Å²) in [7, 11) is 0. The summed E-state index contributed by atoms with van der Waals surface area (Å²) in [5.74, 6) is 0.709. The van der Waals surface area contributed by atoms with Crippen molar-refractivity contribution in [2.75, 3.05) is 22.9 Å². The summed E-state index contributed by atoms with van der Waals surface area (Å²) in [6.07, 6.45) is 1.61. The number of thioether (sulfide) groups is 1. The summed E-state index contributed by atoms with van der Waals surface area (Å²) in [6.45, 7) is 6.66. The van der Waals surface area contributed by atoms with Gasteiger partial charge >= 0.3 is 5.69 Å². The highest BCUT2D eigenvalue weighted by Gasteiger charge is 2.25. The lowest BCUT2D eigenvalue weighted by atomic mass is 10.2. The van der Waals surface area contributed by atoms with Crippen LogP contribution in [-0.2, 0) is 17.1 Å². The maximum absolute atomic E-state index is 13.1. The lowest BCUT2D eigenvalue weighted by Crippen LogP contribution is -2.43. The summed E-state index contributed by atoms with van der Waals surface area (Å²) < 4.78 is 2.46. The zero-order valence-corrected chi connectivity index (χ0v) is 20.2. The average molecular weight is 476 g/mol. The molecule has 1 amide bonds. The van der Waals surface area contributed by atoms with Gasteiger partial charge in [-0.15, -0.1) is 23.1 Å². The molecule has 3 N–H and O–H groups in total. The van der Waals surface area contributed by atoms with E-state index in [4.69, 9.17) is 5.73 Å². The van der Waals surface area contributed by atoms with Crippen molar-refractivity contribution in [3.63, 3.8) is 0 Å². The van der Waals surface area contributed by atoms with E-state index in [2.05, 4.69) is 9.97 Å². The van der Waals surface area contributed by atoms with Crippen LogP contribution in [0.2, 0.25) is 0 Å². The second-order valence-corrected chi connectivity index (χ2v) is 10.1. The summed E-state index contributed by atoms with van der Waals surface area (Å²) in [5.41, 5.74) is 6.06. The number of amides is 1. The number of benzene rings is 1. The molecule has 0 aliphatic rings. The molecule has 3 aromatic rings. The molecule has 0 aliphatic carbocycles. The van der Waals surface area contributed by atoms with Crippen molar-refractivity contribution in [2.45, 2.75) is 45.9 Å². The Labute approximate surface area is 194 Å². The number of fused-ring (bicyclic) bond motifs is 1. The molecule has 2 heterocycles. The number of hydrogen-bond acceptors (Lipinski definition) is 7. The maximum atomic E-state index is 13.1. The van der Waals surface area contributed by atoms with Gasteiger partial charge in [0.1, 0.15) is 10.8 Å². The van der Waals surface area contributed by atoms with E-state index in [1.807, 2.05) is 45.0 Å². The molecule has 172 valence electrons. The fraction of sp³-hybridized carbons (Fsp3) is 0.455. The maximum Gasteiger partial charge on any atom is 0.330 e. The van der Waals surface area contributed by atoms with Gasteiger partial charge in [-0.05, 0) is 24.5 Å². The number of carbonyl (C=O) groups excluding carboxylic acids is 1. The van der Waals surface area contributed by atoms with Crippen molar-refractivity contribution in [1.29, 1.82) is 0 Å². The van der Waals surface area contributed by atoms with Crippen LogP contribution in [0.5, 0.6) is 0 Å². The molecule has 0 radical (unpaired) electrons. The molecule has 2 aromatic heterocycles. The van der Waals surface area contributed by atoms with Crippen LogP contribution in [-0.4, -0.2) is 32.7 Å². The summed E-state index contributed by atoms with van der Waals surface area (Å²) >= 11 is 3.06. The summed E-state index contributed by atoms with van der Waals surface area (Å²) in [4.78, 5) is 46.4. The minimum Gasteiger partial charge on any atom is -0.383 e. The van der Waals surface area contributed by atoms with E-state index in [0.717, 1.165) is 28.1 Å². The number of hydrogen-bond donors (Lipinski definition) is 2. The van der Waals surface area contributed by atoms with Gasteiger partial charge in [0, 0.05) is 18.8 Å². The normalized spacial score (nSPS) is 11.4. The molecular formula is C22H29N5O3S2. The quantitative estimate of drug-likeness (QED) is 0.464. The van der Waals surface area contributed by atoms with Crippen LogP contribution in [0.3, 0.4) is 0 Å². The van der Waals surface area contributed by atoms with Gasteiger partial charge in [-0.2, -0.15) is 0 Å². The van der Waals surface area contributed by atoms with Gasteiger partial charge in [-0.1, -0.05) is 39.3 Å². The van der Waals surface area contributed by atoms with Gasteiger partial charge in [0.05, 0.1) is 16.0 Å². The molecule has 0 atom stereocenters. The third-order valence-electron chi connectivity index (χ3n) is 4.86. The molecule has 0 bridgehead atoms. The van der Waals surface area contributed by atoms with Crippen molar-refractivity contribution < 1.29 is 4.79 Å². The average Bonchev–Trinajstić information content (AvgIpc) is 3.15. The van der Waals surface area contributed by atoms with Gasteiger partial charge in [-0.3, -0.25) is 19.1 Å². The van der Waals surface area contributed by atoms with Crippen molar-refractivity contribution >= 4 is 50.7 Å². The Bertz CT molecular complexity index is 1170. The highest BCUT2D eigenvalue weighted by molar-refractivity contribution is 7.99. The standard InChI is InChI=1S/C22H29N5O3S2/c1-4-5-10-26-20(23)19(21(29)25-22(26)30)27(11-14(2)3)18(28)13-31-12-17-24-15-8-6-7-9-16(15)32-17/h6-9,14H,4-5,10-13,23H2,1-3H3,(H,25,29,30). The lowest BCUT2D eigenvalue weighted by molar-refractivity contribution is -0.116. The van der Waals surface area contributed by atoms with E-state index in [-0.39, 0.29) is 29.1 Å². The second-order valence-electron chi connectivity index (χ2n) is 7.96. The Hall–Kier alpha value is -2.59. The minimum atomic E-state index is -0.634. The molecule has 8 nitrogen and oxygen atoms in total. The first kappa shape index (κ1) is 24.1. The molecule has 3 rings (SSSR count). The van der Waals surface area contributed by atoms with E-state index in [0.29, 0.717) is 18.8 Å². The molecule has 1 aromatic carbocycles. The van der Waals surface area contributed by atoms with E-state index < -0.39 is 11.2 Å².